The summed E-state index contributed by atoms with van der Waals surface area (Å²) in [5, 5.41) is 0. The van der Waals surface area contributed by atoms with Gasteiger partial charge in [-0.05, 0) is 12.0 Å². The van der Waals surface area contributed by atoms with Crippen LogP contribution in [0.25, 0.3) is 0 Å². The van der Waals surface area contributed by atoms with Crippen molar-refractivity contribution in [2.75, 3.05) is 0 Å². The molecule has 0 radical (unpaired) electrons. The second-order valence-corrected chi connectivity index (χ2v) is 0.443. The van der Waals surface area contributed by atoms with E-state index in [4.69, 9.17) is 0 Å². The Hall–Kier alpha value is -0.770. The first-order valence-corrected chi connectivity index (χ1v) is 1.14. The molecule has 0 fully saturated rings. The van der Waals surface area contributed by atoms with Gasteiger partial charge < -0.3 is 0 Å². The SMILES string of the molecule is C=CC#CF. The van der Waals surface area contributed by atoms with Crippen LogP contribution in [0.4, 0.5) is 4.39 Å². The van der Waals surface area contributed by atoms with Crippen molar-refractivity contribution in [1.82, 2.24) is 0 Å². The zero-order chi connectivity index (χ0) is 4.12. The zero-order valence-electron chi connectivity index (χ0n) is 2.66. The highest BCUT2D eigenvalue weighted by Gasteiger charge is 1.40. The van der Waals surface area contributed by atoms with Crippen molar-refractivity contribution in [3.05, 3.63) is 12.7 Å². The van der Waals surface area contributed by atoms with E-state index in [1.54, 1.807) is 0 Å². The van der Waals surface area contributed by atoms with Crippen LogP contribution in [-0.2, 0) is 0 Å². The second-order valence-electron chi connectivity index (χ2n) is 0.443. The molecular formula is C4H3F. The predicted molar refractivity (Wildman–Crippen MR) is 19.1 cm³/mol. The summed E-state index contributed by atoms with van der Waals surface area (Å²) in [6, 6.07) is 0. The normalized spacial score (nSPS) is 4.20. The van der Waals surface area contributed by atoms with E-state index in [2.05, 4.69) is 6.58 Å². The van der Waals surface area contributed by atoms with Crippen LogP contribution in [0.1, 0.15) is 0 Å². The molecule has 0 atom stereocenters. The Labute approximate surface area is 30.3 Å². The fourth-order valence-corrected chi connectivity index (χ4v) is 0.0386. The Morgan fingerprint density at radius 2 is 2.40 bits per heavy atom. The number of rotatable bonds is 0. The molecular weight excluding hydrogens is 67.0 g/mol. The Balaban J connectivity index is 3.16. The summed E-state index contributed by atoms with van der Waals surface area (Å²) in [6.45, 7) is 3.14. The van der Waals surface area contributed by atoms with Crippen LogP contribution in [-0.4, -0.2) is 0 Å². The minimum absolute atomic E-state index is 1.15. The highest BCUT2D eigenvalue weighted by Crippen LogP contribution is 1.53. The van der Waals surface area contributed by atoms with Crippen molar-refractivity contribution in [3.8, 4) is 12.1 Å². The third-order valence-corrected chi connectivity index (χ3v) is 0.157. The highest BCUT2D eigenvalue weighted by molar-refractivity contribution is 5.06. The van der Waals surface area contributed by atoms with Crippen LogP contribution in [0.15, 0.2) is 12.7 Å². The zero-order valence-corrected chi connectivity index (χ0v) is 2.66. The van der Waals surface area contributed by atoms with E-state index < -0.39 is 0 Å². The van der Waals surface area contributed by atoms with Crippen molar-refractivity contribution in [2.45, 2.75) is 0 Å². The Morgan fingerprint density at radius 3 is 2.40 bits per heavy atom. The van der Waals surface area contributed by atoms with E-state index >= 15 is 0 Å². The first-order valence-electron chi connectivity index (χ1n) is 1.14. The van der Waals surface area contributed by atoms with Crippen LogP contribution >= 0.6 is 0 Å². The summed E-state index contributed by atoms with van der Waals surface area (Å²) < 4.78 is 10.6. The second kappa shape index (κ2) is 3.23. The van der Waals surface area contributed by atoms with Gasteiger partial charge in [0.05, 0.1) is 0 Å². The maximum atomic E-state index is 10.6. The van der Waals surface area contributed by atoms with Crippen molar-refractivity contribution < 1.29 is 4.39 Å². The van der Waals surface area contributed by atoms with Crippen LogP contribution in [0.2, 0.25) is 0 Å². The van der Waals surface area contributed by atoms with Gasteiger partial charge in [0.25, 0.3) is 0 Å². The van der Waals surface area contributed by atoms with Gasteiger partial charge in [-0.15, -0.1) is 4.39 Å². The largest absolute Gasteiger partial charge is 0.144 e. The predicted octanol–water partition coefficient (Wildman–Crippen LogP) is 1.10. The summed E-state index contributed by atoms with van der Waals surface area (Å²) in [5.74, 6) is 1.96. The molecule has 0 unspecified atom stereocenters. The summed E-state index contributed by atoms with van der Waals surface area (Å²) in [5.41, 5.74) is 0. The molecule has 26 valence electrons. The fraction of sp³-hybridized carbons (Fsp3) is 0. The van der Waals surface area contributed by atoms with E-state index in [0.29, 0.717) is 0 Å². The summed E-state index contributed by atoms with van der Waals surface area (Å²) in [4.78, 5) is 0. The van der Waals surface area contributed by atoms with E-state index in [-0.39, 0.29) is 0 Å². The minimum Gasteiger partial charge on any atom is -0.144 e. The van der Waals surface area contributed by atoms with Crippen molar-refractivity contribution in [1.29, 1.82) is 0 Å². The molecule has 0 heterocycles. The third kappa shape index (κ3) is 3.23. The number of hydrogen-bond acceptors (Lipinski definition) is 0. The lowest BCUT2D eigenvalue weighted by atomic mass is 10.7. The fourth-order valence-electron chi connectivity index (χ4n) is 0.0386. The molecule has 0 aliphatic rings. The Kier molecular flexibility index (Phi) is 2.73. The smallest absolute Gasteiger partial charge is 0.110 e. The van der Waals surface area contributed by atoms with Crippen LogP contribution < -0.4 is 0 Å². The molecule has 0 aromatic carbocycles. The van der Waals surface area contributed by atoms with Crippen molar-refractivity contribution >= 4 is 0 Å². The monoisotopic (exact) mass is 70.0 g/mol. The lowest BCUT2D eigenvalue weighted by Gasteiger charge is -1.43. The number of hydrogen-bond donors (Lipinski definition) is 0. The molecule has 0 bridgehead atoms. The minimum atomic E-state index is 1.15. The van der Waals surface area contributed by atoms with Gasteiger partial charge in [0.2, 0.25) is 0 Å². The molecule has 0 saturated heterocycles. The van der Waals surface area contributed by atoms with Gasteiger partial charge >= 0.3 is 0 Å². The molecule has 0 aliphatic heterocycles. The van der Waals surface area contributed by atoms with Gasteiger partial charge in [-0.1, -0.05) is 6.58 Å². The molecule has 0 saturated carbocycles. The number of allylic oxidation sites excluding steroid dienone is 1. The molecule has 0 N–H and O–H groups in total. The Morgan fingerprint density at radius 1 is 1.80 bits per heavy atom. The van der Waals surface area contributed by atoms with Crippen LogP contribution in [0, 0.1) is 12.1 Å². The van der Waals surface area contributed by atoms with Crippen LogP contribution in [0.3, 0.4) is 0 Å². The molecule has 1 heteroatoms. The number of halogens is 1. The topological polar surface area (TPSA) is 0 Å². The molecule has 0 nitrogen and oxygen atoms in total. The molecule has 0 aliphatic carbocycles. The highest BCUT2D eigenvalue weighted by atomic mass is 19.1. The third-order valence-electron chi connectivity index (χ3n) is 0.157. The molecule has 0 rings (SSSR count). The van der Waals surface area contributed by atoms with E-state index in [1.807, 2.05) is 5.92 Å². The lowest BCUT2D eigenvalue weighted by Crippen LogP contribution is -1.32. The van der Waals surface area contributed by atoms with Gasteiger partial charge in [0, 0.05) is 0 Å². The molecule has 0 amide bonds. The average molecular weight is 70.1 g/mol. The molecule has 0 aromatic rings. The van der Waals surface area contributed by atoms with E-state index in [9.17, 15) is 4.39 Å². The van der Waals surface area contributed by atoms with Crippen molar-refractivity contribution in [3.63, 3.8) is 0 Å². The van der Waals surface area contributed by atoms with Gasteiger partial charge in [0.15, 0.2) is 0 Å². The first-order chi connectivity index (χ1) is 2.41. The summed E-state index contributed by atoms with van der Waals surface area (Å²) in [6.07, 6.45) is 2.34. The lowest BCUT2D eigenvalue weighted by molar-refractivity contribution is 0.774. The maximum Gasteiger partial charge on any atom is 0.110 e. The standard InChI is InChI=1S/C4H3F/c1-2-3-4-5/h2H,1H2. The molecule has 0 aromatic heterocycles. The molecule has 0 spiro atoms. The van der Waals surface area contributed by atoms with Crippen molar-refractivity contribution in [2.24, 2.45) is 0 Å². The average Bonchev–Trinajstić information content (AvgIpc) is 1.41. The van der Waals surface area contributed by atoms with E-state index in [1.165, 1.54) is 6.08 Å². The van der Waals surface area contributed by atoms with Gasteiger partial charge in [-0.3, -0.25) is 0 Å². The maximum absolute atomic E-state index is 10.6. The first kappa shape index (κ1) is 4.23. The Bertz CT molecular complexity index is 73.4. The van der Waals surface area contributed by atoms with Gasteiger partial charge in [-0.2, -0.15) is 0 Å². The summed E-state index contributed by atoms with van der Waals surface area (Å²) >= 11 is 0. The summed E-state index contributed by atoms with van der Waals surface area (Å²) in [7, 11) is 0. The van der Waals surface area contributed by atoms with Crippen LogP contribution in [0.5, 0.6) is 0 Å². The van der Waals surface area contributed by atoms with E-state index in [0.717, 1.165) is 6.17 Å². The van der Waals surface area contributed by atoms with Gasteiger partial charge in [0.1, 0.15) is 6.17 Å². The molecule has 5 heavy (non-hydrogen) atoms. The van der Waals surface area contributed by atoms with Gasteiger partial charge in [-0.25, -0.2) is 0 Å². The quantitative estimate of drug-likeness (QED) is 0.374.